The third-order valence-electron chi connectivity index (χ3n) is 3.55. The second kappa shape index (κ2) is 6.25. The third-order valence-corrected chi connectivity index (χ3v) is 5.24. The molecule has 3 rings (SSSR count). The zero-order valence-corrected chi connectivity index (χ0v) is 15.0. The van der Waals surface area contributed by atoms with E-state index in [1.165, 1.54) is 22.2 Å². The number of carbonyl (C=O) groups excluding carboxylic acids is 1. The normalized spacial score (nSPS) is 10.9. The minimum Gasteiger partial charge on any atom is -0.321 e. The molecule has 1 amide bonds. The highest BCUT2D eigenvalue weighted by Crippen LogP contribution is 2.28. The summed E-state index contributed by atoms with van der Waals surface area (Å²) in [6.45, 7) is 4.23. The summed E-state index contributed by atoms with van der Waals surface area (Å²) in [4.78, 5) is 30.3. The average molecular weight is 392 g/mol. The number of carbonyl (C=O) groups is 1. The molecule has 0 saturated carbocycles. The molecule has 0 bridgehead atoms. The van der Waals surface area contributed by atoms with Gasteiger partial charge in [-0.05, 0) is 37.6 Å². The van der Waals surface area contributed by atoms with Crippen molar-refractivity contribution in [3.05, 3.63) is 55.9 Å². The molecule has 1 aromatic carbocycles. The van der Waals surface area contributed by atoms with Crippen LogP contribution in [-0.2, 0) is 6.54 Å². The molecule has 118 valence electrons. The van der Waals surface area contributed by atoms with E-state index in [4.69, 9.17) is 0 Å². The molecule has 0 radical (unpaired) electrons. The van der Waals surface area contributed by atoms with Gasteiger partial charge in [-0.1, -0.05) is 22.0 Å². The minimum atomic E-state index is -0.231. The van der Waals surface area contributed by atoms with Gasteiger partial charge in [-0.3, -0.25) is 14.2 Å². The standard InChI is InChI=1S/C16H14BrN3O2S/c1-3-20-8-18-15-12(16(20)22)9(2)13(23-15)14(21)19-11-6-4-5-10(17)7-11/h4-8H,3H2,1-2H3,(H,19,21). The number of thiophene rings is 1. The summed E-state index contributed by atoms with van der Waals surface area (Å²) in [6.07, 6.45) is 1.52. The maximum absolute atomic E-state index is 12.5. The Morgan fingerprint density at radius 3 is 2.91 bits per heavy atom. The van der Waals surface area contributed by atoms with Crippen LogP contribution in [0.25, 0.3) is 10.2 Å². The largest absolute Gasteiger partial charge is 0.321 e. The Kier molecular flexibility index (Phi) is 4.32. The van der Waals surface area contributed by atoms with E-state index >= 15 is 0 Å². The smallest absolute Gasteiger partial charge is 0.266 e. The molecule has 0 saturated heterocycles. The molecule has 0 aliphatic carbocycles. The SMILES string of the molecule is CCn1cnc2sc(C(=O)Nc3cccc(Br)c3)c(C)c2c1=O. The summed E-state index contributed by atoms with van der Waals surface area (Å²) in [5, 5.41) is 3.38. The lowest BCUT2D eigenvalue weighted by molar-refractivity contribution is 0.103. The molecule has 0 spiro atoms. The molecule has 0 aliphatic rings. The highest BCUT2D eigenvalue weighted by molar-refractivity contribution is 9.10. The van der Waals surface area contributed by atoms with Crippen molar-refractivity contribution in [2.75, 3.05) is 5.32 Å². The van der Waals surface area contributed by atoms with E-state index in [-0.39, 0.29) is 11.5 Å². The van der Waals surface area contributed by atoms with Crippen LogP contribution in [0.15, 0.2) is 39.9 Å². The van der Waals surface area contributed by atoms with Crippen molar-refractivity contribution < 1.29 is 4.79 Å². The van der Waals surface area contributed by atoms with Crippen LogP contribution in [0.2, 0.25) is 0 Å². The maximum Gasteiger partial charge on any atom is 0.266 e. The molecule has 0 unspecified atom stereocenters. The molecule has 1 N–H and O–H groups in total. The first-order valence-electron chi connectivity index (χ1n) is 7.06. The van der Waals surface area contributed by atoms with Crippen LogP contribution in [0.4, 0.5) is 5.69 Å². The van der Waals surface area contributed by atoms with Crippen molar-refractivity contribution in [3.8, 4) is 0 Å². The number of nitrogens with zero attached hydrogens (tertiary/aromatic N) is 2. The highest BCUT2D eigenvalue weighted by Gasteiger charge is 2.19. The lowest BCUT2D eigenvalue weighted by atomic mass is 10.2. The number of rotatable bonds is 3. The Morgan fingerprint density at radius 2 is 2.22 bits per heavy atom. The summed E-state index contributed by atoms with van der Waals surface area (Å²) < 4.78 is 2.42. The first-order valence-corrected chi connectivity index (χ1v) is 8.67. The Hall–Kier alpha value is -1.99. The molecule has 0 atom stereocenters. The number of aryl methyl sites for hydroxylation is 2. The number of aromatic nitrogens is 2. The van der Waals surface area contributed by atoms with Crippen molar-refractivity contribution >= 4 is 49.1 Å². The van der Waals surface area contributed by atoms with Gasteiger partial charge in [-0.25, -0.2) is 4.98 Å². The van der Waals surface area contributed by atoms with Gasteiger partial charge in [0.25, 0.3) is 11.5 Å². The summed E-state index contributed by atoms with van der Waals surface area (Å²) >= 11 is 4.61. The van der Waals surface area contributed by atoms with Gasteiger partial charge in [0.1, 0.15) is 4.83 Å². The van der Waals surface area contributed by atoms with Crippen LogP contribution in [0, 0.1) is 6.92 Å². The lowest BCUT2D eigenvalue weighted by Gasteiger charge is -2.04. The lowest BCUT2D eigenvalue weighted by Crippen LogP contribution is -2.19. The number of hydrogen-bond acceptors (Lipinski definition) is 4. The van der Waals surface area contributed by atoms with E-state index in [9.17, 15) is 9.59 Å². The van der Waals surface area contributed by atoms with Gasteiger partial charge in [0.15, 0.2) is 0 Å². The molecule has 23 heavy (non-hydrogen) atoms. The molecular formula is C16H14BrN3O2S. The second-order valence-electron chi connectivity index (χ2n) is 5.04. The van der Waals surface area contributed by atoms with Crippen LogP contribution >= 0.6 is 27.3 Å². The summed E-state index contributed by atoms with van der Waals surface area (Å²) in [5.41, 5.74) is 1.27. The average Bonchev–Trinajstić information content (AvgIpc) is 2.85. The zero-order chi connectivity index (χ0) is 16.6. The Bertz CT molecular complexity index is 962. The monoisotopic (exact) mass is 391 g/mol. The van der Waals surface area contributed by atoms with Gasteiger partial charge >= 0.3 is 0 Å². The summed E-state index contributed by atoms with van der Waals surface area (Å²) in [7, 11) is 0. The van der Waals surface area contributed by atoms with E-state index in [1.807, 2.05) is 31.2 Å². The van der Waals surface area contributed by atoms with Crippen LogP contribution in [0.5, 0.6) is 0 Å². The topological polar surface area (TPSA) is 64.0 Å². The molecule has 0 aliphatic heterocycles. The van der Waals surface area contributed by atoms with E-state index in [1.54, 1.807) is 6.92 Å². The van der Waals surface area contributed by atoms with Gasteiger partial charge in [-0.15, -0.1) is 11.3 Å². The fourth-order valence-corrected chi connectivity index (χ4v) is 3.79. The number of amides is 1. The van der Waals surface area contributed by atoms with Gasteiger partial charge in [0.2, 0.25) is 0 Å². The van der Waals surface area contributed by atoms with Crippen LogP contribution in [0.1, 0.15) is 22.2 Å². The third kappa shape index (κ3) is 2.94. The Morgan fingerprint density at radius 1 is 1.43 bits per heavy atom. The minimum absolute atomic E-state index is 0.104. The summed E-state index contributed by atoms with van der Waals surface area (Å²) in [5.74, 6) is -0.231. The van der Waals surface area contributed by atoms with Gasteiger partial charge in [-0.2, -0.15) is 0 Å². The van der Waals surface area contributed by atoms with Crippen molar-refractivity contribution in [2.45, 2.75) is 20.4 Å². The first-order chi connectivity index (χ1) is 11.0. The number of fused-ring (bicyclic) bond motifs is 1. The predicted molar refractivity (Wildman–Crippen MR) is 96.4 cm³/mol. The van der Waals surface area contributed by atoms with Crippen molar-refractivity contribution in [2.24, 2.45) is 0 Å². The van der Waals surface area contributed by atoms with Gasteiger partial charge in [0.05, 0.1) is 16.6 Å². The maximum atomic E-state index is 12.5. The van der Waals surface area contributed by atoms with E-state index in [2.05, 4.69) is 26.2 Å². The zero-order valence-electron chi connectivity index (χ0n) is 12.6. The Balaban J connectivity index is 2.03. The quantitative estimate of drug-likeness (QED) is 0.738. The van der Waals surface area contributed by atoms with Crippen LogP contribution < -0.4 is 10.9 Å². The Labute approximate surface area is 145 Å². The fourth-order valence-electron chi connectivity index (χ4n) is 2.36. The number of halogens is 1. The fraction of sp³-hybridized carbons (Fsp3) is 0.188. The molecule has 0 fully saturated rings. The predicted octanol–water partition coefficient (Wildman–Crippen LogP) is 3.80. The van der Waals surface area contributed by atoms with Crippen LogP contribution in [0.3, 0.4) is 0 Å². The molecule has 7 heteroatoms. The number of anilines is 1. The molecule has 5 nitrogen and oxygen atoms in total. The van der Waals surface area contributed by atoms with Crippen molar-refractivity contribution in [3.63, 3.8) is 0 Å². The molecule has 3 aromatic rings. The number of nitrogens with one attached hydrogen (secondary N) is 1. The molecular weight excluding hydrogens is 378 g/mol. The number of hydrogen-bond donors (Lipinski definition) is 1. The van der Waals surface area contributed by atoms with Crippen molar-refractivity contribution in [1.82, 2.24) is 9.55 Å². The second-order valence-corrected chi connectivity index (χ2v) is 6.95. The number of benzene rings is 1. The van der Waals surface area contributed by atoms with Crippen LogP contribution in [-0.4, -0.2) is 15.5 Å². The highest BCUT2D eigenvalue weighted by atomic mass is 79.9. The molecule has 2 aromatic heterocycles. The van der Waals surface area contributed by atoms with Crippen molar-refractivity contribution in [1.29, 1.82) is 0 Å². The first kappa shape index (κ1) is 15.9. The van der Waals surface area contributed by atoms with E-state index in [0.29, 0.717) is 32.9 Å². The molecule has 2 heterocycles. The van der Waals surface area contributed by atoms with Gasteiger partial charge in [0, 0.05) is 16.7 Å². The van der Waals surface area contributed by atoms with Gasteiger partial charge < -0.3 is 5.32 Å². The summed E-state index contributed by atoms with van der Waals surface area (Å²) in [6, 6.07) is 7.37. The van der Waals surface area contributed by atoms with E-state index in [0.717, 1.165) is 4.47 Å². The van der Waals surface area contributed by atoms with E-state index < -0.39 is 0 Å².